The van der Waals surface area contributed by atoms with E-state index in [0.717, 1.165) is 5.57 Å². The lowest BCUT2D eigenvalue weighted by Gasteiger charge is -2.47. The zero-order valence-corrected chi connectivity index (χ0v) is 16.9. The highest BCUT2D eigenvalue weighted by atomic mass is 16.5. The molecule has 0 bridgehead atoms. The fraction of sp³-hybridized carbons (Fsp3) is 0.524. The molecule has 0 aromatic carbocycles. The predicted octanol–water partition coefficient (Wildman–Crippen LogP) is 2.89. The Morgan fingerprint density at radius 3 is 2.07 bits per heavy atom. The van der Waals surface area contributed by atoms with Gasteiger partial charge in [0.25, 0.3) is 0 Å². The van der Waals surface area contributed by atoms with Crippen molar-refractivity contribution in [3.8, 4) is 0 Å². The van der Waals surface area contributed by atoms with Crippen molar-refractivity contribution in [2.45, 2.75) is 54.4 Å². The van der Waals surface area contributed by atoms with Gasteiger partial charge in [-0.3, -0.25) is 19.2 Å². The van der Waals surface area contributed by atoms with Crippen molar-refractivity contribution in [2.75, 3.05) is 13.2 Å². The highest BCUT2D eigenvalue weighted by Crippen LogP contribution is 2.51. The number of fused-ring (bicyclic) bond motifs is 1. The zero-order valence-electron chi connectivity index (χ0n) is 16.9. The van der Waals surface area contributed by atoms with E-state index >= 15 is 0 Å². The number of hydrogen-bond acceptors (Lipinski definition) is 6. The second-order valence-electron chi connectivity index (χ2n) is 7.25. The Labute approximate surface area is 159 Å². The molecule has 0 aromatic heterocycles. The van der Waals surface area contributed by atoms with Crippen molar-refractivity contribution < 1.29 is 23.9 Å². The van der Waals surface area contributed by atoms with Gasteiger partial charge in [-0.1, -0.05) is 0 Å². The van der Waals surface area contributed by atoms with Crippen LogP contribution in [0.1, 0.15) is 54.4 Å². The van der Waals surface area contributed by atoms with Crippen LogP contribution in [0.15, 0.2) is 34.2 Å². The molecule has 6 nitrogen and oxygen atoms in total. The monoisotopic (exact) mass is 373 g/mol. The number of allylic oxidation sites excluding steroid dienone is 6. The second kappa shape index (κ2) is 7.62. The minimum atomic E-state index is -1.02. The summed E-state index contributed by atoms with van der Waals surface area (Å²) in [4.78, 5) is 51.1. The molecular weight excluding hydrogens is 346 g/mol. The summed E-state index contributed by atoms with van der Waals surface area (Å²) in [7, 11) is 0. The lowest BCUT2D eigenvalue weighted by molar-refractivity contribution is -0.144. The topological polar surface area (TPSA) is 80.8 Å². The quantitative estimate of drug-likeness (QED) is 0.666. The van der Waals surface area contributed by atoms with E-state index in [-0.39, 0.29) is 43.3 Å². The van der Waals surface area contributed by atoms with E-state index in [0.29, 0.717) is 22.5 Å². The van der Waals surface area contributed by atoms with Crippen LogP contribution in [0, 0.1) is 5.41 Å². The number of carbonyl (C=O) groups is 4. The Morgan fingerprint density at radius 2 is 1.59 bits per heavy atom. The van der Waals surface area contributed by atoms with E-state index < -0.39 is 11.4 Å². The van der Waals surface area contributed by atoms with Gasteiger partial charge in [-0.2, -0.15) is 0 Å². The Hall–Kier alpha value is -2.50. The third-order valence-corrected chi connectivity index (χ3v) is 5.53. The molecule has 1 heterocycles. The summed E-state index contributed by atoms with van der Waals surface area (Å²) in [6.45, 7) is 9.92. The third kappa shape index (κ3) is 3.66. The molecule has 6 heteroatoms. The van der Waals surface area contributed by atoms with Gasteiger partial charge in [0.15, 0.2) is 11.6 Å². The maximum atomic E-state index is 12.8. The first kappa shape index (κ1) is 20.8. The molecule has 2 rings (SSSR count). The van der Waals surface area contributed by atoms with Crippen LogP contribution >= 0.6 is 0 Å². The third-order valence-electron chi connectivity index (χ3n) is 5.53. The largest absolute Gasteiger partial charge is 0.465 e. The zero-order chi connectivity index (χ0) is 20.5. The smallest absolute Gasteiger partial charge is 0.325 e. The van der Waals surface area contributed by atoms with Crippen molar-refractivity contribution in [1.29, 1.82) is 0 Å². The van der Waals surface area contributed by atoms with Gasteiger partial charge in [-0.05, 0) is 71.6 Å². The van der Waals surface area contributed by atoms with Crippen molar-refractivity contribution in [2.24, 2.45) is 5.41 Å². The maximum Gasteiger partial charge on any atom is 0.325 e. The summed E-state index contributed by atoms with van der Waals surface area (Å²) in [5.41, 5.74) is 2.17. The van der Waals surface area contributed by atoms with E-state index in [1.807, 2.05) is 6.92 Å². The standard InChI is InChI=1S/C21H27NO5/c1-7-27-20(26)11-22-13(3)18(15(5)24)10-21(16(6)25)9-17(14(4)23)12(2)8-19(21)22/h8H,7,9-11H2,1-6H3. The van der Waals surface area contributed by atoms with E-state index in [2.05, 4.69) is 0 Å². The van der Waals surface area contributed by atoms with Crippen LogP contribution in [-0.2, 0) is 23.9 Å². The van der Waals surface area contributed by atoms with Crippen molar-refractivity contribution in [3.63, 3.8) is 0 Å². The molecule has 146 valence electrons. The van der Waals surface area contributed by atoms with E-state index in [1.165, 1.54) is 20.8 Å². The van der Waals surface area contributed by atoms with Crippen LogP contribution in [-0.4, -0.2) is 41.4 Å². The maximum absolute atomic E-state index is 12.8. The summed E-state index contributed by atoms with van der Waals surface area (Å²) in [6, 6.07) is 0. The van der Waals surface area contributed by atoms with Crippen LogP contribution in [0.4, 0.5) is 0 Å². The van der Waals surface area contributed by atoms with Crippen molar-refractivity contribution in [1.82, 2.24) is 4.90 Å². The lowest BCUT2D eigenvalue weighted by atomic mass is 9.64. The number of carbonyl (C=O) groups excluding carboxylic acids is 4. The first-order valence-corrected chi connectivity index (χ1v) is 9.12. The van der Waals surface area contributed by atoms with Crippen molar-refractivity contribution >= 4 is 23.3 Å². The average Bonchev–Trinajstić information content (AvgIpc) is 2.56. The van der Waals surface area contributed by atoms with Gasteiger partial charge in [0.05, 0.1) is 12.0 Å². The molecule has 0 amide bonds. The molecule has 27 heavy (non-hydrogen) atoms. The first-order chi connectivity index (χ1) is 12.5. The SMILES string of the molecule is CCOC(=O)CN1C2=CC(C)=C(C(C)=O)CC2(C(C)=O)CC(C(C)=O)=C1C. The fourth-order valence-electron chi connectivity index (χ4n) is 3.97. The molecule has 0 saturated carbocycles. The van der Waals surface area contributed by atoms with E-state index in [4.69, 9.17) is 4.74 Å². The molecule has 1 atom stereocenters. The molecule has 0 fully saturated rings. The molecule has 1 aliphatic heterocycles. The normalized spacial score (nSPS) is 22.3. The molecule has 1 unspecified atom stereocenters. The van der Waals surface area contributed by atoms with Gasteiger partial charge >= 0.3 is 5.97 Å². The summed E-state index contributed by atoms with van der Waals surface area (Å²) < 4.78 is 5.08. The molecule has 0 spiro atoms. The Kier molecular flexibility index (Phi) is 5.88. The summed E-state index contributed by atoms with van der Waals surface area (Å²) in [5, 5.41) is 0. The minimum Gasteiger partial charge on any atom is -0.465 e. The van der Waals surface area contributed by atoms with Crippen LogP contribution in [0.5, 0.6) is 0 Å². The Balaban J connectivity index is 2.71. The second-order valence-corrected chi connectivity index (χ2v) is 7.25. The number of esters is 1. The number of nitrogens with zero attached hydrogens (tertiary/aromatic N) is 1. The number of hydrogen-bond donors (Lipinski definition) is 0. The summed E-state index contributed by atoms with van der Waals surface area (Å²) in [5.74, 6) is -0.785. The molecule has 2 aliphatic rings. The predicted molar refractivity (Wildman–Crippen MR) is 101 cm³/mol. The van der Waals surface area contributed by atoms with Gasteiger partial charge in [-0.15, -0.1) is 0 Å². The molecule has 0 saturated heterocycles. The van der Waals surface area contributed by atoms with E-state index in [9.17, 15) is 19.2 Å². The van der Waals surface area contributed by atoms with Crippen LogP contribution in [0.2, 0.25) is 0 Å². The number of ketones is 3. The van der Waals surface area contributed by atoms with Crippen LogP contribution in [0.25, 0.3) is 0 Å². The van der Waals surface area contributed by atoms with Gasteiger partial charge in [0.2, 0.25) is 0 Å². The molecule has 0 radical (unpaired) electrons. The highest BCUT2D eigenvalue weighted by molar-refractivity contribution is 6.00. The molecule has 0 aromatic rings. The first-order valence-electron chi connectivity index (χ1n) is 9.12. The van der Waals surface area contributed by atoms with E-state index in [1.54, 1.807) is 24.8 Å². The summed E-state index contributed by atoms with van der Waals surface area (Å²) >= 11 is 0. The Morgan fingerprint density at radius 1 is 1.04 bits per heavy atom. The highest BCUT2D eigenvalue weighted by Gasteiger charge is 2.50. The number of Topliss-reactive ketones (excluding diaryl/α,β-unsaturated/α-hetero) is 3. The molecule has 1 aliphatic carbocycles. The van der Waals surface area contributed by atoms with Gasteiger partial charge in [0.1, 0.15) is 12.3 Å². The number of rotatable bonds is 6. The number of ether oxygens (including phenoxy) is 1. The van der Waals surface area contributed by atoms with Crippen LogP contribution in [0.3, 0.4) is 0 Å². The van der Waals surface area contributed by atoms with Gasteiger partial charge < -0.3 is 9.64 Å². The lowest BCUT2D eigenvalue weighted by Crippen LogP contribution is -2.48. The van der Waals surface area contributed by atoms with Gasteiger partial charge in [0, 0.05) is 17.0 Å². The molecule has 0 N–H and O–H groups in total. The van der Waals surface area contributed by atoms with Crippen LogP contribution < -0.4 is 0 Å². The average molecular weight is 373 g/mol. The minimum absolute atomic E-state index is 0.0833. The Bertz CT molecular complexity index is 814. The summed E-state index contributed by atoms with van der Waals surface area (Å²) in [6.07, 6.45) is 2.28. The fourth-order valence-corrected chi connectivity index (χ4v) is 3.97. The van der Waals surface area contributed by atoms with Gasteiger partial charge in [-0.25, -0.2) is 0 Å². The van der Waals surface area contributed by atoms with Crippen molar-refractivity contribution in [3.05, 3.63) is 34.2 Å². The molecular formula is C21H27NO5.